The van der Waals surface area contributed by atoms with Crippen LogP contribution in [0, 0.1) is 0 Å². The molecule has 0 aliphatic heterocycles. The van der Waals surface area contributed by atoms with Crippen molar-refractivity contribution in [2.24, 2.45) is 0 Å². The first-order chi connectivity index (χ1) is 32.6. The van der Waals surface area contributed by atoms with Gasteiger partial charge in [-0.2, -0.15) is 0 Å². The first-order valence-electron chi connectivity index (χ1n) is 22.6. The second-order valence-electron chi connectivity index (χ2n) is 12.1. The molecular weight excluding hydrogens is 961 g/mol. The van der Waals surface area contributed by atoms with Gasteiger partial charge in [-0.15, -0.1) is 0 Å². The molecule has 0 rings (SSSR count). The molecule has 0 heterocycles. The van der Waals surface area contributed by atoms with Gasteiger partial charge < -0.3 is 36.7 Å². The van der Waals surface area contributed by atoms with Crippen molar-refractivity contribution >= 4 is 62.9 Å². The van der Waals surface area contributed by atoms with Crippen LogP contribution in [-0.4, -0.2) is 172 Å². The van der Waals surface area contributed by atoms with Crippen molar-refractivity contribution < 1.29 is 94.9 Å². The molecule has 0 fully saturated rings. The normalized spacial score (nSPS) is 9.85. The van der Waals surface area contributed by atoms with Crippen LogP contribution in [0.4, 0.5) is 0 Å². The SMILES string of the molecule is C=C(C)C(=O)OCCC[SiH2]OC.C=C(C)C(=O)OCCC[SiH2]OCC.C=CC(=O)OCCC[SiH2]OC.C=CC(=O)OCCC[SiH2]OCC.CCOOCC.CCOOCC.COOC.COOC. The maximum absolute atomic E-state index is 10.9. The molecule has 0 aromatic carbocycles. The van der Waals surface area contributed by atoms with Gasteiger partial charge in [-0.1, -0.05) is 26.3 Å². The van der Waals surface area contributed by atoms with Crippen LogP contribution in [0.3, 0.4) is 0 Å². The predicted octanol–water partition coefficient (Wildman–Crippen LogP) is 4.91. The van der Waals surface area contributed by atoms with Crippen LogP contribution in [0.25, 0.3) is 0 Å². The van der Waals surface area contributed by atoms with E-state index in [4.69, 9.17) is 36.7 Å². The first-order valence-corrected chi connectivity index (χ1v) is 28.9. The van der Waals surface area contributed by atoms with Crippen LogP contribution in [0.1, 0.15) is 81.1 Å². The van der Waals surface area contributed by atoms with Crippen LogP contribution < -0.4 is 0 Å². The minimum atomic E-state index is -0.367. The molecule has 0 N–H and O–H groups in total. The van der Waals surface area contributed by atoms with E-state index in [1.807, 2.05) is 41.5 Å². The average Bonchev–Trinajstić information content (AvgIpc) is 3.35. The average molecular weight is 1060 g/mol. The number of esters is 4. The number of hydrogen-bond donors (Lipinski definition) is 0. The summed E-state index contributed by atoms with van der Waals surface area (Å²) in [6.45, 7) is 34.5. The summed E-state index contributed by atoms with van der Waals surface area (Å²) < 4.78 is 39.8. The van der Waals surface area contributed by atoms with Gasteiger partial charge in [-0.05, 0) is 105 Å². The third-order valence-electron chi connectivity index (χ3n) is 6.22. The van der Waals surface area contributed by atoms with Gasteiger partial charge in [0.1, 0.15) is 0 Å². The van der Waals surface area contributed by atoms with E-state index in [9.17, 15) is 19.2 Å². The Labute approximate surface area is 420 Å². The van der Waals surface area contributed by atoms with Gasteiger partial charge >= 0.3 is 23.9 Å². The lowest BCUT2D eigenvalue weighted by Crippen LogP contribution is -2.07. The molecule has 0 saturated carbocycles. The summed E-state index contributed by atoms with van der Waals surface area (Å²) in [5.74, 6) is -1.27. The third kappa shape index (κ3) is 110. The lowest BCUT2D eigenvalue weighted by molar-refractivity contribution is -0.287. The van der Waals surface area contributed by atoms with Crippen molar-refractivity contribution in [3.05, 3.63) is 49.6 Å². The van der Waals surface area contributed by atoms with E-state index in [1.165, 1.54) is 40.6 Å². The Bertz CT molecular complexity index is 1040. The fourth-order valence-electron chi connectivity index (χ4n) is 2.97. The molecule has 0 aromatic rings. The zero-order valence-electron chi connectivity index (χ0n) is 44.7. The van der Waals surface area contributed by atoms with Crippen molar-refractivity contribution in [3.63, 3.8) is 0 Å². The molecule has 24 heteroatoms. The molecule has 0 bridgehead atoms. The molecule has 0 atom stereocenters. The van der Waals surface area contributed by atoms with E-state index >= 15 is 0 Å². The van der Waals surface area contributed by atoms with Crippen molar-refractivity contribution in [1.82, 2.24) is 0 Å². The highest BCUT2D eigenvalue weighted by molar-refractivity contribution is 6.27. The molecule has 68 heavy (non-hydrogen) atoms. The minimum Gasteiger partial charge on any atom is -0.463 e. The van der Waals surface area contributed by atoms with Crippen molar-refractivity contribution in [2.75, 3.05) is 109 Å². The summed E-state index contributed by atoms with van der Waals surface area (Å²) in [6, 6.07) is 4.25. The van der Waals surface area contributed by atoms with Crippen molar-refractivity contribution in [1.29, 1.82) is 0 Å². The molecule has 0 unspecified atom stereocenters. The maximum Gasteiger partial charge on any atom is 0.333 e. The van der Waals surface area contributed by atoms with Gasteiger partial charge in [0.15, 0.2) is 39.1 Å². The smallest absolute Gasteiger partial charge is 0.333 e. The molecule has 0 amide bonds. The standard InChI is InChI=1S/C9H18O3Si.2C8H16O3Si.C7H14O3Si.2C4H10O2.2C2H6O2/c1-4-12-13-7-5-6-11-9(10)8(2)3;1-7(2)8(9)11-5-4-6-12-10-3;1-3-8(9)10-6-5-7-12-11-4-2;1-3-7(8)10-5-4-6-11-9-2;2*1-3-5-6-4-2;2*1-3-4-2/h2,4-7,13H2,1,3H3;1,4-6,12H2,2-3H3;3H,1,4-7,12H2,2H3;3H,1,4-6,11H2,2H3;2*3-4H2,1-2H3;2*1-2H3. The second kappa shape index (κ2) is 84.2. The van der Waals surface area contributed by atoms with Crippen molar-refractivity contribution in [2.45, 2.75) is 105 Å². The summed E-state index contributed by atoms with van der Waals surface area (Å²) in [4.78, 5) is 76.8. The van der Waals surface area contributed by atoms with Gasteiger partial charge in [0.05, 0.1) is 81.3 Å². The Morgan fingerprint density at radius 3 is 0.853 bits per heavy atom. The van der Waals surface area contributed by atoms with E-state index in [0.717, 1.165) is 63.1 Å². The van der Waals surface area contributed by atoms with Gasteiger partial charge in [0, 0.05) is 50.7 Å². The first kappa shape index (κ1) is 82.2. The van der Waals surface area contributed by atoms with Gasteiger partial charge in [-0.3, -0.25) is 0 Å². The Kier molecular flexibility index (Phi) is 102. The molecule has 0 aromatic heterocycles. The summed E-state index contributed by atoms with van der Waals surface area (Å²) >= 11 is 0. The molecule has 0 spiro atoms. The fraction of sp³-hybridized carbons (Fsp3) is 0.727. The predicted molar refractivity (Wildman–Crippen MR) is 278 cm³/mol. The zero-order chi connectivity index (χ0) is 53.7. The second-order valence-corrected chi connectivity index (χ2v) is 18.5. The lowest BCUT2D eigenvalue weighted by Gasteiger charge is -2.03. The summed E-state index contributed by atoms with van der Waals surface area (Å²) in [5, 5.41) is 0. The minimum absolute atomic E-state index is 0.293. The molecular formula is C44H96O20Si4. The molecule has 0 aliphatic carbocycles. The number of carbonyl (C=O) groups excluding carboxylic acids is 4. The van der Waals surface area contributed by atoms with E-state index in [-0.39, 0.29) is 62.9 Å². The molecule has 408 valence electrons. The van der Waals surface area contributed by atoms with Gasteiger partial charge in [0.25, 0.3) is 0 Å². The summed E-state index contributed by atoms with van der Waals surface area (Å²) in [6.07, 6.45) is 5.98. The van der Waals surface area contributed by atoms with Crippen LogP contribution in [0.15, 0.2) is 49.6 Å². The highest BCUT2D eigenvalue weighted by Gasteiger charge is 2.02. The summed E-state index contributed by atoms with van der Waals surface area (Å²) in [5.41, 5.74) is 0.918. The number of rotatable bonds is 34. The Morgan fingerprint density at radius 2 is 0.662 bits per heavy atom. The Morgan fingerprint density at radius 1 is 0.412 bits per heavy atom. The molecule has 0 aliphatic rings. The number of carbonyl (C=O) groups is 4. The Balaban J connectivity index is -0.000000104. The molecule has 20 nitrogen and oxygen atoms in total. The monoisotopic (exact) mass is 1060 g/mol. The van der Waals surface area contributed by atoms with Crippen LogP contribution in [0.2, 0.25) is 24.2 Å². The summed E-state index contributed by atoms with van der Waals surface area (Å²) in [7, 11) is 7.83. The van der Waals surface area contributed by atoms with Crippen LogP contribution in [-0.2, 0) is 94.9 Å². The van der Waals surface area contributed by atoms with E-state index in [2.05, 4.69) is 65.4 Å². The largest absolute Gasteiger partial charge is 0.463 e. The van der Waals surface area contributed by atoms with Gasteiger partial charge in [-0.25, -0.2) is 58.3 Å². The van der Waals surface area contributed by atoms with E-state index in [0.29, 0.717) is 64.0 Å². The van der Waals surface area contributed by atoms with Crippen LogP contribution >= 0.6 is 0 Å². The lowest BCUT2D eigenvalue weighted by atomic mass is 10.4. The van der Waals surface area contributed by atoms with Gasteiger partial charge in [0.2, 0.25) is 0 Å². The third-order valence-corrected chi connectivity index (χ3v) is 11.6. The quantitative estimate of drug-likeness (QED) is 0.0159. The van der Waals surface area contributed by atoms with Crippen LogP contribution in [0.5, 0.6) is 0 Å². The zero-order valence-corrected chi connectivity index (χ0v) is 50.4. The number of hydrogen-bond acceptors (Lipinski definition) is 20. The highest BCUT2D eigenvalue weighted by Crippen LogP contribution is 1.97. The molecule has 0 saturated heterocycles. The Hall–Kier alpha value is -2.77. The highest BCUT2D eigenvalue weighted by atomic mass is 28.2. The topological polar surface area (TPSA) is 216 Å². The number of ether oxygens (including phenoxy) is 4. The molecule has 0 radical (unpaired) electrons. The van der Waals surface area contributed by atoms with E-state index < -0.39 is 0 Å². The van der Waals surface area contributed by atoms with E-state index in [1.54, 1.807) is 28.1 Å². The van der Waals surface area contributed by atoms with Crippen molar-refractivity contribution in [3.8, 4) is 0 Å². The maximum atomic E-state index is 10.9. The fourth-order valence-corrected chi connectivity index (χ4v) is 6.17.